The lowest BCUT2D eigenvalue weighted by Gasteiger charge is -2.19. The Morgan fingerprint density at radius 3 is 2.27 bits per heavy atom. The number of amides is 1. The molecule has 1 N–H and O–H groups in total. The molecular formula is C20H20N2O3S. The highest BCUT2D eigenvalue weighted by molar-refractivity contribution is 7.90. The van der Waals surface area contributed by atoms with Gasteiger partial charge < -0.3 is 10.2 Å². The van der Waals surface area contributed by atoms with Crippen LogP contribution in [0.3, 0.4) is 0 Å². The van der Waals surface area contributed by atoms with Gasteiger partial charge in [-0.05, 0) is 47.2 Å². The van der Waals surface area contributed by atoms with Crippen LogP contribution in [0.4, 0.5) is 11.4 Å². The molecule has 5 nitrogen and oxygen atoms in total. The zero-order valence-corrected chi connectivity index (χ0v) is 15.5. The van der Waals surface area contributed by atoms with Crippen LogP contribution in [0.25, 0.3) is 10.8 Å². The van der Waals surface area contributed by atoms with Crippen LogP contribution in [0, 0.1) is 0 Å². The minimum atomic E-state index is -3.24. The molecule has 0 heterocycles. The quantitative estimate of drug-likeness (QED) is 0.750. The average molecular weight is 368 g/mol. The van der Waals surface area contributed by atoms with Gasteiger partial charge in [-0.1, -0.05) is 30.3 Å². The molecule has 0 fully saturated rings. The fourth-order valence-electron chi connectivity index (χ4n) is 2.71. The lowest BCUT2D eigenvalue weighted by Crippen LogP contribution is -2.30. The van der Waals surface area contributed by atoms with Crippen molar-refractivity contribution in [1.82, 2.24) is 0 Å². The van der Waals surface area contributed by atoms with Gasteiger partial charge in [-0.2, -0.15) is 0 Å². The summed E-state index contributed by atoms with van der Waals surface area (Å²) < 4.78 is 22.9. The minimum Gasteiger partial charge on any atom is -0.365 e. The largest absolute Gasteiger partial charge is 0.365 e. The summed E-state index contributed by atoms with van der Waals surface area (Å²) >= 11 is 0. The molecule has 0 saturated carbocycles. The molecule has 0 radical (unpaired) electrons. The van der Waals surface area contributed by atoms with Crippen molar-refractivity contribution in [1.29, 1.82) is 0 Å². The molecule has 0 spiro atoms. The number of benzene rings is 3. The Bertz CT molecular complexity index is 1040. The number of hydrogen-bond acceptors (Lipinski definition) is 4. The molecule has 0 unspecified atom stereocenters. The second-order valence-electron chi connectivity index (χ2n) is 6.23. The normalized spacial score (nSPS) is 11.3. The van der Waals surface area contributed by atoms with E-state index in [9.17, 15) is 13.2 Å². The lowest BCUT2D eigenvalue weighted by molar-refractivity contribution is -0.114. The second-order valence-corrected chi connectivity index (χ2v) is 8.25. The van der Waals surface area contributed by atoms with Crippen molar-refractivity contribution in [3.63, 3.8) is 0 Å². The van der Waals surface area contributed by atoms with Crippen LogP contribution in [-0.2, 0) is 14.6 Å². The van der Waals surface area contributed by atoms with Crippen molar-refractivity contribution in [3.8, 4) is 0 Å². The van der Waals surface area contributed by atoms with Crippen molar-refractivity contribution in [2.75, 3.05) is 30.1 Å². The summed E-state index contributed by atoms with van der Waals surface area (Å²) in [5.74, 6) is -0.173. The van der Waals surface area contributed by atoms with E-state index in [1.165, 1.54) is 12.1 Å². The molecule has 0 bridgehead atoms. The molecule has 6 heteroatoms. The molecule has 0 aliphatic heterocycles. The molecule has 0 aliphatic rings. The summed E-state index contributed by atoms with van der Waals surface area (Å²) in [5.41, 5.74) is 1.51. The van der Waals surface area contributed by atoms with Gasteiger partial charge in [-0.15, -0.1) is 0 Å². The van der Waals surface area contributed by atoms with Crippen LogP contribution in [0.5, 0.6) is 0 Å². The van der Waals surface area contributed by atoms with Gasteiger partial charge in [0, 0.05) is 24.7 Å². The third kappa shape index (κ3) is 4.21. The van der Waals surface area contributed by atoms with E-state index in [0.29, 0.717) is 5.69 Å². The highest BCUT2D eigenvalue weighted by atomic mass is 32.2. The molecular weight excluding hydrogens is 348 g/mol. The van der Waals surface area contributed by atoms with Gasteiger partial charge in [0.05, 0.1) is 11.4 Å². The highest BCUT2D eigenvalue weighted by Gasteiger charge is 2.10. The monoisotopic (exact) mass is 368 g/mol. The first kappa shape index (κ1) is 17.9. The third-order valence-corrected chi connectivity index (χ3v) is 5.25. The molecule has 3 rings (SSSR count). The number of hydrogen-bond donors (Lipinski definition) is 1. The first-order chi connectivity index (χ1) is 12.3. The number of nitrogens with one attached hydrogen (secondary N) is 1. The standard InChI is InChI=1S/C20H20N2O3S/c1-22(18-10-7-15-5-3-4-6-16(15)13-18)14-20(23)21-17-8-11-19(12-9-17)26(2,24)25/h3-13H,14H2,1-2H3,(H,21,23). The predicted octanol–water partition coefficient (Wildman–Crippen LogP) is 3.32. The maximum atomic E-state index is 12.3. The van der Waals surface area contributed by atoms with E-state index in [4.69, 9.17) is 0 Å². The second kappa shape index (κ2) is 7.17. The van der Waals surface area contributed by atoms with Gasteiger partial charge in [-0.3, -0.25) is 4.79 Å². The Morgan fingerprint density at radius 2 is 1.62 bits per heavy atom. The number of fused-ring (bicyclic) bond motifs is 1. The Kier molecular flexibility index (Phi) is 4.95. The summed E-state index contributed by atoms with van der Waals surface area (Å²) in [6, 6.07) is 20.3. The van der Waals surface area contributed by atoms with Gasteiger partial charge in [-0.25, -0.2) is 8.42 Å². The van der Waals surface area contributed by atoms with Crippen molar-refractivity contribution in [2.45, 2.75) is 4.90 Å². The van der Waals surface area contributed by atoms with Gasteiger partial charge in [0.15, 0.2) is 9.84 Å². The number of nitrogens with zero attached hydrogens (tertiary/aromatic N) is 1. The van der Waals surface area contributed by atoms with E-state index in [2.05, 4.69) is 5.32 Å². The summed E-state index contributed by atoms with van der Waals surface area (Å²) in [7, 11) is -1.38. The summed E-state index contributed by atoms with van der Waals surface area (Å²) in [6.07, 6.45) is 1.15. The van der Waals surface area contributed by atoms with Crippen LogP contribution < -0.4 is 10.2 Å². The van der Waals surface area contributed by atoms with Gasteiger partial charge in [0.1, 0.15) is 0 Å². The highest BCUT2D eigenvalue weighted by Crippen LogP contribution is 2.21. The molecule has 3 aromatic carbocycles. The van der Waals surface area contributed by atoms with Gasteiger partial charge >= 0.3 is 0 Å². The van der Waals surface area contributed by atoms with E-state index in [1.54, 1.807) is 12.1 Å². The summed E-state index contributed by atoms with van der Waals surface area (Å²) in [5, 5.41) is 5.05. The maximum absolute atomic E-state index is 12.3. The number of sulfone groups is 1. The van der Waals surface area contributed by atoms with Crippen molar-refractivity contribution >= 4 is 37.9 Å². The molecule has 0 aliphatic carbocycles. The molecule has 0 aromatic heterocycles. The van der Waals surface area contributed by atoms with E-state index >= 15 is 0 Å². The fraction of sp³-hybridized carbons (Fsp3) is 0.150. The molecule has 26 heavy (non-hydrogen) atoms. The first-order valence-corrected chi connectivity index (χ1v) is 10.0. The predicted molar refractivity (Wildman–Crippen MR) is 105 cm³/mol. The van der Waals surface area contributed by atoms with Crippen LogP contribution >= 0.6 is 0 Å². The molecule has 3 aromatic rings. The summed E-state index contributed by atoms with van der Waals surface area (Å²) in [6.45, 7) is 0.187. The lowest BCUT2D eigenvalue weighted by atomic mass is 10.1. The number of likely N-dealkylation sites (N-methyl/N-ethyl adjacent to an activating group) is 1. The Hall–Kier alpha value is -2.86. The topological polar surface area (TPSA) is 66.5 Å². The first-order valence-electron chi connectivity index (χ1n) is 8.13. The minimum absolute atomic E-state index is 0.173. The van der Waals surface area contributed by atoms with Crippen LogP contribution in [0.15, 0.2) is 71.6 Å². The fourth-order valence-corrected chi connectivity index (χ4v) is 3.34. The zero-order valence-electron chi connectivity index (χ0n) is 14.6. The molecule has 1 amide bonds. The Balaban J connectivity index is 1.66. The van der Waals surface area contributed by atoms with Crippen LogP contribution in [0.2, 0.25) is 0 Å². The number of carbonyl (C=O) groups excluding carboxylic acids is 1. The molecule has 134 valence electrons. The molecule has 0 saturated heterocycles. The van der Waals surface area contributed by atoms with Crippen molar-refractivity contribution in [2.24, 2.45) is 0 Å². The van der Waals surface area contributed by atoms with E-state index < -0.39 is 9.84 Å². The number of carbonyl (C=O) groups is 1. The zero-order chi connectivity index (χ0) is 18.7. The molecule has 0 atom stereocenters. The average Bonchev–Trinajstić information content (AvgIpc) is 2.61. The smallest absolute Gasteiger partial charge is 0.243 e. The van der Waals surface area contributed by atoms with Crippen molar-refractivity contribution < 1.29 is 13.2 Å². The SMILES string of the molecule is CN(CC(=O)Nc1ccc(S(C)(=O)=O)cc1)c1ccc2ccccc2c1. The van der Waals surface area contributed by atoms with Gasteiger partial charge in [0.25, 0.3) is 0 Å². The third-order valence-electron chi connectivity index (χ3n) is 4.12. The van der Waals surface area contributed by atoms with E-state index in [-0.39, 0.29) is 17.3 Å². The van der Waals surface area contributed by atoms with E-state index in [1.807, 2.05) is 54.4 Å². The van der Waals surface area contributed by atoms with Crippen molar-refractivity contribution in [3.05, 3.63) is 66.7 Å². The number of rotatable bonds is 5. The van der Waals surface area contributed by atoms with Crippen LogP contribution in [0.1, 0.15) is 0 Å². The van der Waals surface area contributed by atoms with E-state index in [0.717, 1.165) is 22.7 Å². The number of anilines is 2. The Morgan fingerprint density at radius 1 is 0.962 bits per heavy atom. The Labute approximate surface area is 153 Å². The maximum Gasteiger partial charge on any atom is 0.243 e. The van der Waals surface area contributed by atoms with Crippen LogP contribution in [-0.4, -0.2) is 34.2 Å². The van der Waals surface area contributed by atoms with Gasteiger partial charge in [0.2, 0.25) is 5.91 Å². The summed E-state index contributed by atoms with van der Waals surface area (Å²) in [4.78, 5) is 14.4.